The minimum absolute atomic E-state index is 0.390. The van der Waals surface area contributed by atoms with Gasteiger partial charge < -0.3 is 5.73 Å². The summed E-state index contributed by atoms with van der Waals surface area (Å²) < 4.78 is 0. The number of thiophene rings is 1. The maximum atomic E-state index is 6.43. The van der Waals surface area contributed by atoms with Gasteiger partial charge >= 0.3 is 0 Å². The summed E-state index contributed by atoms with van der Waals surface area (Å²) in [7, 11) is 0. The van der Waals surface area contributed by atoms with Crippen molar-refractivity contribution in [3.8, 4) is 0 Å². The van der Waals surface area contributed by atoms with Gasteiger partial charge in [-0.2, -0.15) is 11.3 Å². The van der Waals surface area contributed by atoms with Gasteiger partial charge in [0, 0.05) is 0 Å². The number of rotatable bonds is 2. The average Bonchev–Trinajstić information content (AvgIpc) is 2.75. The van der Waals surface area contributed by atoms with Crippen molar-refractivity contribution >= 4 is 11.3 Å². The number of benzene rings is 1. The van der Waals surface area contributed by atoms with Crippen molar-refractivity contribution in [2.45, 2.75) is 26.3 Å². The Morgan fingerprint density at radius 3 is 2.38 bits per heavy atom. The number of hydrogen-bond acceptors (Lipinski definition) is 2. The molecule has 0 saturated carbocycles. The molecule has 0 radical (unpaired) electrons. The Morgan fingerprint density at radius 1 is 1.06 bits per heavy atom. The van der Waals surface area contributed by atoms with Gasteiger partial charge in [0.05, 0.1) is 5.54 Å². The topological polar surface area (TPSA) is 26.0 Å². The molecule has 0 aliphatic heterocycles. The summed E-state index contributed by atoms with van der Waals surface area (Å²) in [6.07, 6.45) is 0. The summed E-state index contributed by atoms with van der Waals surface area (Å²) in [5, 5.41) is 4.19. The van der Waals surface area contributed by atoms with E-state index in [-0.39, 0.29) is 0 Å². The molecule has 1 aromatic heterocycles. The van der Waals surface area contributed by atoms with Gasteiger partial charge in [0.1, 0.15) is 0 Å². The second-order valence-electron chi connectivity index (χ2n) is 4.51. The molecular formula is C14H17NS. The molecule has 2 N–H and O–H groups in total. The fourth-order valence-corrected chi connectivity index (χ4v) is 2.56. The molecule has 1 nitrogen and oxygen atoms in total. The Labute approximate surface area is 101 Å². The molecule has 2 aromatic rings. The highest BCUT2D eigenvalue weighted by Crippen LogP contribution is 2.29. The zero-order chi connectivity index (χ0) is 11.8. The van der Waals surface area contributed by atoms with Gasteiger partial charge in [0.15, 0.2) is 0 Å². The lowest BCUT2D eigenvalue weighted by atomic mass is 9.86. The Bertz CT molecular complexity index is 483. The maximum absolute atomic E-state index is 6.43. The highest BCUT2D eigenvalue weighted by molar-refractivity contribution is 7.08. The quantitative estimate of drug-likeness (QED) is 0.840. The molecular weight excluding hydrogens is 214 g/mol. The molecule has 0 fully saturated rings. The van der Waals surface area contributed by atoms with E-state index in [1.807, 2.05) is 0 Å². The third-order valence-electron chi connectivity index (χ3n) is 3.23. The first kappa shape index (κ1) is 11.4. The van der Waals surface area contributed by atoms with E-state index in [1.165, 1.54) is 22.3 Å². The van der Waals surface area contributed by atoms with Gasteiger partial charge in [0.25, 0.3) is 0 Å². The van der Waals surface area contributed by atoms with E-state index >= 15 is 0 Å². The highest BCUT2D eigenvalue weighted by atomic mass is 32.1. The molecule has 1 atom stereocenters. The SMILES string of the molecule is Cc1ccc(C(C)(N)c2ccsc2)cc1C. The minimum atomic E-state index is -0.390. The van der Waals surface area contributed by atoms with Gasteiger partial charge in [0.2, 0.25) is 0 Å². The van der Waals surface area contributed by atoms with Crippen LogP contribution >= 0.6 is 11.3 Å². The fourth-order valence-electron chi connectivity index (χ4n) is 1.79. The van der Waals surface area contributed by atoms with Crippen molar-refractivity contribution in [1.82, 2.24) is 0 Å². The zero-order valence-corrected chi connectivity index (χ0v) is 10.8. The van der Waals surface area contributed by atoms with Gasteiger partial charge in [-0.05, 0) is 59.9 Å². The normalized spacial score (nSPS) is 14.8. The Morgan fingerprint density at radius 2 is 1.81 bits per heavy atom. The zero-order valence-electron chi connectivity index (χ0n) is 9.95. The first-order chi connectivity index (χ1) is 7.51. The Hall–Kier alpha value is -1.12. The molecule has 0 amide bonds. The number of aryl methyl sites for hydroxylation is 2. The molecule has 84 valence electrons. The van der Waals surface area contributed by atoms with Gasteiger partial charge in [-0.25, -0.2) is 0 Å². The lowest BCUT2D eigenvalue weighted by Gasteiger charge is -2.25. The van der Waals surface area contributed by atoms with Crippen LogP contribution in [-0.2, 0) is 5.54 Å². The maximum Gasteiger partial charge on any atom is 0.0645 e. The van der Waals surface area contributed by atoms with Crippen LogP contribution in [0.1, 0.15) is 29.2 Å². The van der Waals surface area contributed by atoms with Crippen LogP contribution in [0.3, 0.4) is 0 Å². The minimum Gasteiger partial charge on any atom is -0.318 e. The van der Waals surface area contributed by atoms with Gasteiger partial charge in [-0.3, -0.25) is 0 Å². The molecule has 1 aromatic carbocycles. The van der Waals surface area contributed by atoms with Crippen molar-refractivity contribution in [1.29, 1.82) is 0 Å². The Balaban J connectivity index is 2.47. The largest absolute Gasteiger partial charge is 0.318 e. The number of nitrogens with two attached hydrogens (primary N) is 1. The first-order valence-corrected chi connectivity index (χ1v) is 6.35. The van der Waals surface area contributed by atoms with E-state index in [0.717, 1.165) is 0 Å². The predicted molar refractivity (Wildman–Crippen MR) is 70.9 cm³/mol. The van der Waals surface area contributed by atoms with Crippen LogP contribution in [0.25, 0.3) is 0 Å². The monoisotopic (exact) mass is 231 g/mol. The van der Waals surface area contributed by atoms with Crippen LogP contribution in [0.2, 0.25) is 0 Å². The second kappa shape index (κ2) is 4.04. The summed E-state index contributed by atoms with van der Waals surface area (Å²) in [6.45, 7) is 6.32. The second-order valence-corrected chi connectivity index (χ2v) is 5.29. The summed E-state index contributed by atoms with van der Waals surface area (Å²) in [4.78, 5) is 0. The van der Waals surface area contributed by atoms with Crippen LogP contribution in [0.4, 0.5) is 0 Å². The van der Waals surface area contributed by atoms with E-state index in [0.29, 0.717) is 0 Å². The fraction of sp³-hybridized carbons (Fsp3) is 0.286. The van der Waals surface area contributed by atoms with E-state index in [2.05, 4.69) is 55.8 Å². The smallest absolute Gasteiger partial charge is 0.0645 e. The molecule has 16 heavy (non-hydrogen) atoms. The van der Waals surface area contributed by atoms with Gasteiger partial charge in [-0.1, -0.05) is 18.2 Å². The Kier molecular flexibility index (Phi) is 2.87. The molecule has 2 heteroatoms. The molecule has 0 bridgehead atoms. The van der Waals surface area contributed by atoms with E-state index in [9.17, 15) is 0 Å². The van der Waals surface area contributed by atoms with E-state index in [4.69, 9.17) is 5.73 Å². The lowest BCUT2D eigenvalue weighted by molar-refractivity contribution is 0.605. The molecule has 2 rings (SSSR count). The molecule has 0 aliphatic rings. The molecule has 0 saturated heterocycles. The molecule has 0 aliphatic carbocycles. The van der Waals surface area contributed by atoms with E-state index < -0.39 is 5.54 Å². The summed E-state index contributed by atoms with van der Waals surface area (Å²) in [6, 6.07) is 8.55. The van der Waals surface area contributed by atoms with Crippen molar-refractivity contribution in [3.63, 3.8) is 0 Å². The standard InChI is InChI=1S/C14H17NS/c1-10-4-5-12(8-11(10)2)14(3,15)13-6-7-16-9-13/h4-9H,15H2,1-3H3. The van der Waals surface area contributed by atoms with Crippen molar-refractivity contribution in [2.75, 3.05) is 0 Å². The van der Waals surface area contributed by atoms with Crippen LogP contribution in [0.15, 0.2) is 35.0 Å². The van der Waals surface area contributed by atoms with Crippen molar-refractivity contribution in [3.05, 3.63) is 57.3 Å². The molecule has 1 unspecified atom stereocenters. The van der Waals surface area contributed by atoms with Gasteiger partial charge in [-0.15, -0.1) is 0 Å². The van der Waals surface area contributed by atoms with Crippen LogP contribution in [0, 0.1) is 13.8 Å². The highest BCUT2D eigenvalue weighted by Gasteiger charge is 2.24. The van der Waals surface area contributed by atoms with Crippen LogP contribution < -0.4 is 5.73 Å². The summed E-state index contributed by atoms with van der Waals surface area (Å²) in [5.41, 5.74) is 11.0. The van der Waals surface area contributed by atoms with Crippen LogP contribution in [0.5, 0.6) is 0 Å². The van der Waals surface area contributed by atoms with Crippen molar-refractivity contribution < 1.29 is 0 Å². The van der Waals surface area contributed by atoms with Crippen molar-refractivity contribution in [2.24, 2.45) is 5.73 Å². The number of hydrogen-bond donors (Lipinski definition) is 1. The summed E-state index contributed by atoms with van der Waals surface area (Å²) in [5.74, 6) is 0. The van der Waals surface area contributed by atoms with E-state index in [1.54, 1.807) is 11.3 Å². The third-order valence-corrected chi connectivity index (χ3v) is 3.91. The molecule has 0 spiro atoms. The predicted octanol–water partition coefficient (Wildman–Crippen LogP) is 3.59. The molecule has 1 heterocycles. The lowest BCUT2D eigenvalue weighted by Crippen LogP contribution is -2.33. The third kappa shape index (κ3) is 1.91. The summed E-state index contributed by atoms with van der Waals surface area (Å²) >= 11 is 1.69. The first-order valence-electron chi connectivity index (χ1n) is 5.41. The van der Waals surface area contributed by atoms with Crippen LogP contribution in [-0.4, -0.2) is 0 Å². The average molecular weight is 231 g/mol.